The van der Waals surface area contributed by atoms with Crippen LogP contribution in [0.15, 0.2) is 30.3 Å². The van der Waals surface area contributed by atoms with Crippen molar-refractivity contribution in [3.05, 3.63) is 35.9 Å². The third kappa shape index (κ3) is 5.16. The summed E-state index contributed by atoms with van der Waals surface area (Å²) < 4.78 is 6.39. The molecule has 0 unspecified atom stereocenters. The number of aliphatic hydroxyl groups is 1. The first kappa shape index (κ1) is 19.9. The third-order valence-corrected chi connectivity index (χ3v) is 9.23. The second-order valence-corrected chi connectivity index (χ2v) is 12.4. The van der Waals surface area contributed by atoms with Gasteiger partial charge in [-0.05, 0) is 36.5 Å². The smallest absolute Gasteiger partial charge is 0.335 e. The van der Waals surface area contributed by atoms with Crippen molar-refractivity contribution in [3.63, 3.8) is 0 Å². The molecule has 0 radical (unpaired) electrons. The summed E-state index contributed by atoms with van der Waals surface area (Å²) in [5, 5.41) is 19.1. The van der Waals surface area contributed by atoms with Crippen molar-refractivity contribution in [1.29, 1.82) is 0 Å². The minimum absolute atomic E-state index is 0.0370. The van der Waals surface area contributed by atoms with E-state index in [2.05, 4.69) is 33.9 Å². The van der Waals surface area contributed by atoms with Crippen molar-refractivity contribution < 1.29 is 19.4 Å². The molecule has 1 aromatic carbocycles. The van der Waals surface area contributed by atoms with Crippen molar-refractivity contribution in [3.8, 4) is 0 Å². The molecule has 1 rings (SSSR count). The maximum atomic E-state index is 12.2. The summed E-state index contributed by atoms with van der Waals surface area (Å²) in [6.45, 7) is 10.4. The van der Waals surface area contributed by atoms with Crippen LogP contribution in [0.25, 0.3) is 0 Å². The standard InChI is InChI=1S/C18H30O4Si/c1-17(2,3)23(4,5)22-18(16(20)21,12-9-13-19)14-15-10-7-6-8-11-15/h6-8,10-11,19H,9,12-14H2,1-5H3,(H,20,21)/t18-/m1/s1. The molecule has 0 heterocycles. The molecule has 5 heteroatoms. The molecule has 130 valence electrons. The normalized spacial score (nSPS) is 15.2. The molecule has 0 aromatic heterocycles. The van der Waals surface area contributed by atoms with E-state index in [1.54, 1.807) is 0 Å². The number of rotatable bonds is 8. The van der Waals surface area contributed by atoms with E-state index in [-0.39, 0.29) is 11.6 Å². The summed E-state index contributed by atoms with van der Waals surface area (Å²) in [6, 6.07) is 9.56. The molecule has 0 aliphatic heterocycles. The fraction of sp³-hybridized carbons (Fsp3) is 0.611. The Kier molecular flexibility index (Phi) is 6.56. The van der Waals surface area contributed by atoms with E-state index in [1.807, 2.05) is 30.3 Å². The number of benzene rings is 1. The summed E-state index contributed by atoms with van der Waals surface area (Å²) >= 11 is 0. The number of carboxylic acids is 1. The van der Waals surface area contributed by atoms with Gasteiger partial charge in [-0.3, -0.25) is 0 Å². The van der Waals surface area contributed by atoms with Crippen LogP contribution in [0.3, 0.4) is 0 Å². The Morgan fingerprint density at radius 3 is 2.17 bits per heavy atom. The molecular formula is C18H30O4Si. The molecule has 2 N–H and O–H groups in total. The lowest BCUT2D eigenvalue weighted by Gasteiger charge is -2.44. The summed E-state index contributed by atoms with van der Waals surface area (Å²) in [5.41, 5.74) is -0.348. The number of aliphatic hydroxyl groups excluding tert-OH is 1. The monoisotopic (exact) mass is 338 g/mol. The quantitative estimate of drug-likeness (QED) is 0.707. The molecule has 0 amide bonds. The van der Waals surface area contributed by atoms with Gasteiger partial charge in [-0.1, -0.05) is 51.1 Å². The molecule has 0 saturated heterocycles. The summed E-state index contributed by atoms with van der Waals surface area (Å²) in [6.07, 6.45) is 1.03. The van der Waals surface area contributed by atoms with Gasteiger partial charge in [0.1, 0.15) is 0 Å². The van der Waals surface area contributed by atoms with E-state index >= 15 is 0 Å². The van der Waals surface area contributed by atoms with Crippen LogP contribution in [0.5, 0.6) is 0 Å². The van der Waals surface area contributed by atoms with Gasteiger partial charge in [-0.25, -0.2) is 4.79 Å². The lowest BCUT2D eigenvalue weighted by atomic mass is 9.90. The van der Waals surface area contributed by atoms with Crippen molar-refractivity contribution in [2.75, 3.05) is 6.61 Å². The molecule has 4 nitrogen and oxygen atoms in total. The van der Waals surface area contributed by atoms with E-state index < -0.39 is 19.9 Å². The Hall–Kier alpha value is -1.17. The van der Waals surface area contributed by atoms with Crippen LogP contribution in [0.4, 0.5) is 0 Å². The predicted octanol–water partition coefficient (Wildman–Crippen LogP) is 3.85. The topological polar surface area (TPSA) is 66.8 Å². The number of carboxylic acid groups (broad SMARTS) is 1. The van der Waals surface area contributed by atoms with E-state index in [9.17, 15) is 15.0 Å². The zero-order chi connectivity index (χ0) is 17.7. The highest BCUT2D eigenvalue weighted by atomic mass is 28.4. The van der Waals surface area contributed by atoms with Crippen LogP contribution in [0.1, 0.15) is 39.2 Å². The molecule has 0 spiro atoms. The summed E-state index contributed by atoms with van der Waals surface area (Å²) in [7, 11) is -2.27. The Morgan fingerprint density at radius 1 is 1.17 bits per heavy atom. The minimum Gasteiger partial charge on any atom is -0.479 e. The SMILES string of the molecule is CC(C)(C)[Si](C)(C)O[C@](CCCO)(Cc1ccccc1)C(=O)O. The van der Waals surface area contributed by atoms with Crippen molar-refractivity contribution in [2.45, 2.75) is 63.8 Å². The van der Waals surface area contributed by atoms with Crippen LogP contribution in [0, 0.1) is 0 Å². The molecule has 1 atom stereocenters. The fourth-order valence-electron chi connectivity index (χ4n) is 2.33. The van der Waals surface area contributed by atoms with E-state index in [0.29, 0.717) is 19.3 Å². The Labute approximate surface area is 140 Å². The van der Waals surface area contributed by atoms with E-state index in [0.717, 1.165) is 5.56 Å². The Bertz CT molecular complexity index is 508. The average Bonchev–Trinajstić information content (AvgIpc) is 2.44. The Morgan fingerprint density at radius 2 is 1.74 bits per heavy atom. The number of hydrogen-bond donors (Lipinski definition) is 2. The van der Waals surface area contributed by atoms with Crippen LogP contribution in [-0.2, 0) is 15.6 Å². The zero-order valence-electron chi connectivity index (χ0n) is 14.9. The van der Waals surface area contributed by atoms with E-state index in [4.69, 9.17) is 4.43 Å². The zero-order valence-corrected chi connectivity index (χ0v) is 15.9. The van der Waals surface area contributed by atoms with Crippen LogP contribution < -0.4 is 0 Å². The highest BCUT2D eigenvalue weighted by Crippen LogP contribution is 2.41. The first-order chi connectivity index (χ1) is 10.5. The summed E-state index contributed by atoms with van der Waals surface area (Å²) in [5.74, 6) is -0.945. The largest absolute Gasteiger partial charge is 0.479 e. The highest BCUT2D eigenvalue weighted by Gasteiger charge is 2.48. The highest BCUT2D eigenvalue weighted by molar-refractivity contribution is 6.74. The maximum Gasteiger partial charge on any atom is 0.335 e. The molecule has 0 saturated carbocycles. The first-order valence-corrected chi connectivity index (χ1v) is 11.0. The number of hydrogen-bond acceptors (Lipinski definition) is 3. The fourth-order valence-corrected chi connectivity index (χ4v) is 3.88. The average molecular weight is 339 g/mol. The van der Waals surface area contributed by atoms with Gasteiger partial charge in [0.15, 0.2) is 13.9 Å². The van der Waals surface area contributed by atoms with Gasteiger partial charge in [0.05, 0.1) is 0 Å². The van der Waals surface area contributed by atoms with Gasteiger partial charge in [-0.15, -0.1) is 0 Å². The van der Waals surface area contributed by atoms with E-state index in [1.165, 1.54) is 0 Å². The molecule has 0 bridgehead atoms. The lowest BCUT2D eigenvalue weighted by Crippen LogP contribution is -2.55. The molecule has 0 fully saturated rings. The number of aliphatic carboxylic acids is 1. The van der Waals surface area contributed by atoms with Gasteiger partial charge in [0, 0.05) is 13.0 Å². The van der Waals surface area contributed by atoms with Crippen LogP contribution in [0.2, 0.25) is 18.1 Å². The van der Waals surface area contributed by atoms with Crippen molar-refractivity contribution >= 4 is 14.3 Å². The molecule has 23 heavy (non-hydrogen) atoms. The van der Waals surface area contributed by atoms with Gasteiger partial charge in [0.2, 0.25) is 0 Å². The van der Waals surface area contributed by atoms with Gasteiger partial charge in [-0.2, -0.15) is 0 Å². The van der Waals surface area contributed by atoms with Gasteiger partial charge in [0.25, 0.3) is 0 Å². The van der Waals surface area contributed by atoms with Crippen LogP contribution >= 0.6 is 0 Å². The van der Waals surface area contributed by atoms with Gasteiger partial charge >= 0.3 is 5.97 Å². The molecule has 0 aliphatic rings. The lowest BCUT2D eigenvalue weighted by molar-refractivity contribution is -0.157. The third-order valence-electron chi connectivity index (χ3n) is 4.72. The molecule has 0 aliphatic carbocycles. The Balaban J connectivity index is 3.20. The molecule has 1 aromatic rings. The van der Waals surface area contributed by atoms with Crippen molar-refractivity contribution in [2.24, 2.45) is 0 Å². The molecular weight excluding hydrogens is 308 g/mol. The second-order valence-electron chi connectivity index (χ2n) is 7.65. The summed E-state index contributed by atoms with van der Waals surface area (Å²) in [4.78, 5) is 12.2. The van der Waals surface area contributed by atoms with Crippen LogP contribution in [-0.4, -0.2) is 36.7 Å². The van der Waals surface area contributed by atoms with Crippen molar-refractivity contribution in [1.82, 2.24) is 0 Å². The first-order valence-electron chi connectivity index (χ1n) is 8.12. The van der Waals surface area contributed by atoms with Gasteiger partial charge < -0.3 is 14.6 Å². The second kappa shape index (κ2) is 7.60. The predicted molar refractivity (Wildman–Crippen MR) is 95.1 cm³/mol. The minimum atomic E-state index is -2.27. The maximum absolute atomic E-state index is 12.2. The number of carbonyl (C=O) groups is 1.